The number of amides is 1. The van der Waals surface area contributed by atoms with Gasteiger partial charge in [0.15, 0.2) is 11.4 Å². The quantitative estimate of drug-likeness (QED) is 0.584. The van der Waals surface area contributed by atoms with Crippen LogP contribution in [0.1, 0.15) is 26.8 Å². The summed E-state index contributed by atoms with van der Waals surface area (Å²) in [5.41, 5.74) is -0.340. The molecule has 2 aromatic rings. The Bertz CT molecular complexity index is 546. The van der Waals surface area contributed by atoms with Crippen molar-refractivity contribution in [1.29, 1.82) is 0 Å². The molecular formula is C10H11N5O3. The van der Waals surface area contributed by atoms with Crippen molar-refractivity contribution in [3.05, 3.63) is 35.9 Å². The van der Waals surface area contributed by atoms with Gasteiger partial charge in [-0.2, -0.15) is 0 Å². The third kappa shape index (κ3) is 2.54. The predicted molar refractivity (Wildman–Crippen MR) is 60.2 cm³/mol. The first-order valence-corrected chi connectivity index (χ1v) is 5.21. The van der Waals surface area contributed by atoms with Crippen LogP contribution in [0.15, 0.2) is 18.7 Å². The molecule has 0 spiro atoms. The smallest absolute Gasteiger partial charge is 0.354 e. The van der Waals surface area contributed by atoms with Crippen molar-refractivity contribution in [3.8, 4) is 0 Å². The summed E-state index contributed by atoms with van der Waals surface area (Å²) in [5.74, 6) is -1.00. The van der Waals surface area contributed by atoms with Crippen LogP contribution < -0.4 is 5.32 Å². The van der Waals surface area contributed by atoms with Gasteiger partial charge in [0, 0.05) is 25.4 Å². The second-order valence-corrected chi connectivity index (χ2v) is 3.47. The Hall–Kier alpha value is -2.64. The zero-order chi connectivity index (χ0) is 13.0. The SMILES string of the molecule is O=C(NCCc1ncc[nH]1)c1nc[nH]c1C(=O)O. The highest BCUT2D eigenvalue weighted by Gasteiger charge is 2.19. The molecule has 2 rings (SSSR count). The number of aromatic amines is 2. The second-order valence-electron chi connectivity index (χ2n) is 3.47. The monoisotopic (exact) mass is 249 g/mol. The molecule has 0 unspecified atom stereocenters. The number of aromatic nitrogens is 4. The molecule has 18 heavy (non-hydrogen) atoms. The molecule has 1 amide bonds. The van der Waals surface area contributed by atoms with Gasteiger partial charge < -0.3 is 20.4 Å². The van der Waals surface area contributed by atoms with Gasteiger partial charge in [0.25, 0.3) is 5.91 Å². The van der Waals surface area contributed by atoms with E-state index in [9.17, 15) is 9.59 Å². The lowest BCUT2D eigenvalue weighted by molar-refractivity contribution is 0.0685. The van der Waals surface area contributed by atoms with E-state index in [-0.39, 0.29) is 11.4 Å². The number of carboxylic acid groups (broad SMARTS) is 1. The molecule has 0 aliphatic carbocycles. The van der Waals surface area contributed by atoms with Gasteiger partial charge in [-0.05, 0) is 0 Å². The Morgan fingerprint density at radius 3 is 2.83 bits per heavy atom. The number of aromatic carboxylic acids is 1. The minimum Gasteiger partial charge on any atom is -0.477 e. The van der Waals surface area contributed by atoms with Crippen molar-refractivity contribution in [2.45, 2.75) is 6.42 Å². The van der Waals surface area contributed by atoms with Gasteiger partial charge in [0.2, 0.25) is 0 Å². The molecule has 8 heteroatoms. The average Bonchev–Trinajstić information content (AvgIpc) is 2.99. The number of hydrogen-bond acceptors (Lipinski definition) is 4. The molecule has 0 saturated heterocycles. The van der Waals surface area contributed by atoms with E-state index in [1.54, 1.807) is 12.4 Å². The lowest BCUT2D eigenvalue weighted by Crippen LogP contribution is -2.27. The Labute approximate surface area is 101 Å². The van der Waals surface area contributed by atoms with Crippen LogP contribution in [0.3, 0.4) is 0 Å². The number of nitrogens with zero attached hydrogens (tertiary/aromatic N) is 2. The highest BCUT2D eigenvalue weighted by molar-refractivity contribution is 6.02. The van der Waals surface area contributed by atoms with Crippen molar-refractivity contribution in [2.75, 3.05) is 6.54 Å². The molecule has 2 aromatic heterocycles. The second kappa shape index (κ2) is 5.13. The van der Waals surface area contributed by atoms with Crippen molar-refractivity contribution in [1.82, 2.24) is 25.3 Å². The van der Waals surface area contributed by atoms with Gasteiger partial charge in [-0.25, -0.2) is 14.8 Å². The maximum Gasteiger partial charge on any atom is 0.354 e. The molecule has 0 fully saturated rings. The van der Waals surface area contributed by atoms with E-state index >= 15 is 0 Å². The van der Waals surface area contributed by atoms with Gasteiger partial charge >= 0.3 is 5.97 Å². The molecule has 8 nitrogen and oxygen atoms in total. The number of rotatable bonds is 5. The van der Waals surface area contributed by atoms with Crippen LogP contribution in [0.2, 0.25) is 0 Å². The molecule has 0 bridgehead atoms. The number of H-pyrrole nitrogens is 2. The van der Waals surface area contributed by atoms with Crippen LogP contribution in [0, 0.1) is 0 Å². The first-order valence-electron chi connectivity index (χ1n) is 5.21. The van der Waals surface area contributed by atoms with Crippen molar-refractivity contribution >= 4 is 11.9 Å². The lowest BCUT2D eigenvalue weighted by atomic mass is 10.3. The van der Waals surface area contributed by atoms with E-state index in [0.717, 1.165) is 5.82 Å². The number of hydrogen-bond donors (Lipinski definition) is 4. The fraction of sp³-hybridized carbons (Fsp3) is 0.200. The topological polar surface area (TPSA) is 124 Å². The summed E-state index contributed by atoms with van der Waals surface area (Å²) < 4.78 is 0. The van der Waals surface area contributed by atoms with Crippen LogP contribution in [0.4, 0.5) is 0 Å². The van der Waals surface area contributed by atoms with Crippen LogP contribution in [-0.4, -0.2) is 43.5 Å². The summed E-state index contributed by atoms with van der Waals surface area (Å²) in [6, 6.07) is 0. The summed E-state index contributed by atoms with van der Waals surface area (Å²) >= 11 is 0. The maximum absolute atomic E-state index is 11.7. The lowest BCUT2D eigenvalue weighted by Gasteiger charge is -2.02. The minimum atomic E-state index is -1.22. The van der Waals surface area contributed by atoms with Gasteiger partial charge in [-0.1, -0.05) is 0 Å². The molecule has 0 radical (unpaired) electrons. The predicted octanol–water partition coefficient (Wildman–Crippen LogP) is -0.197. The summed E-state index contributed by atoms with van der Waals surface area (Å²) in [6.07, 6.45) is 5.01. The highest BCUT2D eigenvalue weighted by atomic mass is 16.4. The zero-order valence-corrected chi connectivity index (χ0v) is 9.30. The van der Waals surface area contributed by atoms with E-state index in [1.165, 1.54) is 6.33 Å². The van der Waals surface area contributed by atoms with Crippen molar-refractivity contribution < 1.29 is 14.7 Å². The number of nitrogens with one attached hydrogen (secondary N) is 3. The van der Waals surface area contributed by atoms with Crippen molar-refractivity contribution in [2.24, 2.45) is 0 Å². The summed E-state index contributed by atoms with van der Waals surface area (Å²) in [7, 11) is 0. The average molecular weight is 249 g/mol. The van der Waals surface area contributed by atoms with Gasteiger partial charge in [-0.3, -0.25) is 4.79 Å². The van der Waals surface area contributed by atoms with Gasteiger partial charge in [0.1, 0.15) is 5.82 Å². The Kier molecular flexibility index (Phi) is 3.37. The first-order chi connectivity index (χ1) is 8.68. The van der Waals surface area contributed by atoms with E-state index in [4.69, 9.17) is 5.11 Å². The van der Waals surface area contributed by atoms with E-state index in [0.29, 0.717) is 13.0 Å². The molecule has 0 aromatic carbocycles. The first kappa shape index (κ1) is 11.8. The van der Waals surface area contributed by atoms with Crippen LogP contribution in [0.5, 0.6) is 0 Å². The molecule has 0 aliphatic heterocycles. The minimum absolute atomic E-state index is 0.123. The standard InChI is InChI=1S/C10H11N5O3/c16-9(7-8(10(17)18)15-5-14-7)13-2-1-6-11-3-4-12-6/h3-5H,1-2H2,(H,11,12)(H,13,16)(H,14,15)(H,17,18). The Morgan fingerprint density at radius 1 is 1.33 bits per heavy atom. The fourth-order valence-corrected chi connectivity index (χ4v) is 1.44. The zero-order valence-electron chi connectivity index (χ0n) is 9.30. The molecular weight excluding hydrogens is 238 g/mol. The maximum atomic E-state index is 11.7. The third-order valence-corrected chi connectivity index (χ3v) is 2.27. The molecule has 2 heterocycles. The fourth-order valence-electron chi connectivity index (χ4n) is 1.44. The van der Waals surface area contributed by atoms with Gasteiger partial charge in [0.05, 0.1) is 6.33 Å². The molecule has 0 saturated carbocycles. The van der Waals surface area contributed by atoms with Crippen LogP contribution in [-0.2, 0) is 6.42 Å². The van der Waals surface area contributed by atoms with Crippen LogP contribution >= 0.6 is 0 Å². The Morgan fingerprint density at radius 2 is 2.17 bits per heavy atom. The summed E-state index contributed by atoms with van der Waals surface area (Å²) in [6.45, 7) is 0.346. The molecule has 94 valence electrons. The summed E-state index contributed by atoms with van der Waals surface area (Å²) in [4.78, 5) is 35.4. The number of carboxylic acids is 1. The highest BCUT2D eigenvalue weighted by Crippen LogP contribution is 2.02. The third-order valence-electron chi connectivity index (χ3n) is 2.27. The number of imidazole rings is 2. The summed E-state index contributed by atoms with van der Waals surface area (Å²) in [5, 5.41) is 11.4. The van der Waals surface area contributed by atoms with Crippen LogP contribution in [0.25, 0.3) is 0 Å². The molecule has 4 N–H and O–H groups in total. The Balaban J connectivity index is 1.91. The van der Waals surface area contributed by atoms with E-state index in [2.05, 4.69) is 25.3 Å². The normalized spacial score (nSPS) is 10.2. The molecule has 0 atom stereocenters. The van der Waals surface area contributed by atoms with E-state index < -0.39 is 11.9 Å². The van der Waals surface area contributed by atoms with E-state index in [1.807, 2.05) is 0 Å². The van der Waals surface area contributed by atoms with Gasteiger partial charge in [-0.15, -0.1) is 0 Å². The number of carbonyl (C=O) groups excluding carboxylic acids is 1. The largest absolute Gasteiger partial charge is 0.477 e. The van der Waals surface area contributed by atoms with Crippen molar-refractivity contribution in [3.63, 3.8) is 0 Å². The number of carbonyl (C=O) groups is 2. The molecule has 0 aliphatic rings.